The average Bonchev–Trinajstić information content (AvgIpc) is 2.50. The van der Waals surface area contributed by atoms with Crippen LogP contribution in [0, 0.1) is 5.92 Å². The smallest absolute Gasteiger partial charge is 0.239 e. The summed E-state index contributed by atoms with van der Waals surface area (Å²) in [6.07, 6.45) is 1.11. The van der Waals surface area contributed by atoms with Crippen molar-refractivity contribution >= 4 is 5.91 Å². The first-order valence-corrected chi connectivity index (χ1v) is 5.19. The van der Waals surface area contributed by atoms with E-state index in [0.29, 0.717) is 5.92 Å². The van der Waals surface area contributed by atoms with Crippen LogP contribution in [0.2, 0.25) is 0 Å². The summed E-state index contributed by atoms with van der Waals surface area (Å²) < 4.78 is 0. The third-order valence-electron chi connectivity index (χ3n) is 2.61. The lowest BCUT2D eigenvalue weighted by Crippen LogP contribution is -2.41. The first-order valence-electron chi connectivity index (χ1n) is 5.19. The van der Waals surface area contributed by atoms with Gasteiger partial charge in [-0.05, 0) is 33.4 Å². The van der Waals surface area contributed by atoms with Gasteiger partial charge in [0, 0.05) is 19.6 Å². The number of nitrogens with two attached hydrogens (primary N) is 1. The molecule has 1 rings (SSSR count). The van der Waals surface area contributed by atoms with Gasteiger partial charge in [-0.25, -0.2) is 0 Å². The molecule has 0 unspecified atom stereocenters. The largest absolute Gasteiger partial charge is 0.341 e. The minimum atomic E-state index is -0.354. The van der Waals surface area contributed by atoms with E-state index in [0.717, 1.165) is 26.1 Å². The van der Waals surface area contributed by atoms with E-state index in [2.05, 4.69) is 19.0 Å². The van der Waals surface area contributed by atoms with E-state index in [1.807, 2.05) is 4.90 Å². The van der Waals surface area contributed by atoms with E-state index >= 15 is 0 Å². The summed E-state index contributed by atoms with van der Waals surface area (Å²) in [7, 11) is 4.13. The highest BCUT2D eigenvalue weighted by atomic mass is 16.2. The second-order valence-corrected chi connectivity index (χ2v) is 4.49. The summed E-state index contributed by atoms with van der Waals surface area (Å²) in [6.45, 7) is 4.56. The Kier molecular flexibility index (Phi) is 3.89. The van der Waals surface area contributed by atoms with E-state index in [4.69, 9.17) is 5.73 Å². The van der Waals surface area contributed by atoms with Gasteiger partial charge >= 0.3 is 0 Å². The standard InChI is InChI=1S/C10H21N3O/c1-8(11)10(14)13-5-4-9(7-13)6-12(2)3/h8-9H,4-7,11H2,1-3H3/t8-,9-/m0/s1. The van der Waals surface area contributed by atoms with Gasteiger partial charge in [-0.1, -0.05) is 0 Å². The van der Waals surface area contributed by atoms with Gasteiger partial charge in [0.25, 0.3) is 0 Å². The number of carbonyl (C=O) groups excluding carboxylic acids is 1. The quantitative estimate of drug-likeness (QED) is 0.681. The Balaban J connectivity index is 2.37. The fourth-order valence-electron chi connectivity index (χ4n) is 1.99. The molecule has 0 aromatic heterocycles. The second-order valence-electron chi connectivity index (χ2n) is 4.49. The molecular formula is C10H21N3O. The van der Waals surface area contributed by atoms with Crippen molar-refractivity contribution in [3.63, 3.8) is 0 Å². The minimum absolute atomic E-state index is 0.0891. The van der Waals surface area contributed by atoms with E-state index in [9.17, 15) is 4.79 Å². The Labute approximate surface area is 86.0 Å². The summed E-state index contributed by atoms with van der Waals surface area (Å²) in [4.78, 5) is 15.6. The van der Waals surface area contributed by atoms with Crippen LogP contribution in [-0.4, -0.2) is 55.5 Å². The molecule has 0 saturated carbocycles. The zero-order valence-corrected chi connectivity index (χ0v) is 9.36. The van der Waals surface area contributed by atoms with Crippen LogP contribution >= 0.6 is 0 Å². The molecule has 14 heavy (non-hydrogen) atoms. The molecule has 0 radical (unpaired) electrons. The highest BCUT2D eigenvalue weighted by Crippen LogP contribution is 2.17. The minimum Gasteiger partial charge on any atom is -0.341 e. The topological polar surface area (TPSA) is 49.6 Å². The molecule has 1 saturated heterocycles. The molecule has 2 atom stereocenters. The van der Waals surface area contributed by atoms with Gasteiger partial charge in [0.2, 0.25) is 5.91 Å². The van der Waals surface area contributed by atoms with Gasteiger partial charge in [-0.3, -0.25) is 4.79 Å². The molecule has 82 valence electrons. The van der Waals surface area contributed by atoms with Crippen LogP contribution in [0.5, 0.6) is 0 Å². The number of rotatable bonds is 3. The Bertz CT molecular complexity index is 204. The predicted octanol–water partition coefficient (Wildman–Crippen LogP) is -0.256. The number of nitrogens with zero attached hydrogens (tertiary/aromatic N) is 2. The molecule has 0 aromatic carbocycles. The van der Waals surface area contributed by atoms with Crippen molar-refractivity contribution in [3.05, 3.63) is 0 Å². The van der Waals surface area contributed by atoms with Crippen molar-refractivity contribution in [1.29, 1.82) is 0 Å². The van der Waals surface area contributed by atoms with E-state index in [1.54, 1.807) is 6.92 Å². The molecule has 0 bridgehead atoms. The summed E-state index contributed by atoms with van der Waals surface area (Å²) in [5.74, 6) is 0.707. The van der Waals surface area contributed by atoms with Gasteiger partial charge in [0.05, 0.1) is 6.04 Å². The molecule has 1 heterocycles. The molecular weight excluding hydrogens is 178 g/mol. The fourth-order valence-corrected chi connectivity index (χ4v) is 1.99. The van der Waals surface area contributed by atoms with Crippen molar-refractivity contribution in [2.24, 2.45) is 11.7 Å². The van der Waals surface area contributed by atoms with Crippen LogP contribution in [0.1, 0.15) is 13.3 Å². The maximum absolute atomic E-state index is 11.6. The monoisotopic (exact) mass is 199 g/mol. The van der Waals surface area contributed by atoms with Gasteiger partial charge in [-0.15, -0.1) is 0 Å². The van der Waals surface area contributed by atoms with Crippen LogP contribution in [0.25, 0.3) is 0 Å². The number of hydrogen-bond donors (Lipinski definition) is 1. The zero-order valence-electron chi connectivity index (χ0n) is 9.36. The summed E-state index contributed by atoms with van der Waals surface area (Å²) >= 11 is 0. The van der Waals surface area contributed by atoms with Crippen LogP contribution < -0.4 is 5.73 Å². The Morgan fingerprint density at radius 2 is 2.29 bits per heavy atom. The van der Waals surface area contributed by atoms with Gasteiger partial charge in [0.15, 0.2) is 0 Å². The van der Waals surface area contributed by atoms with E-state index < -0.39 is 0 Å². The maximum atomic E-state index is 11.6. The molecule has 1 aliphatic rings. The van der Waals surface area contributed by atoms with Crippen LogP contribution in [-0.2, 0) is 4.79 Å². The molecule has 1 amide bonds. The SMILES string of the molecule is C[C@H](N)C(=O)N1CC[C@@H](CN(C)C)C1. The summed E-state index contributed by atoms with van der Waals surface area (Å²) in [5.41, 5.74) is 5.56. The Morgan fingerprint density at radius 1 is 1.64 bits per heavy atom. The summed E-state index contributed by atoms with van der Waals surface area (Å²) in [5, 5.41) is 0. The van der Waals surface area contributed by atoms with Crippen molar-refractivity contribution in [2.45, 2.75) is 19.4 Å². The Morgan fingerprint density at radius 3 is 2.79 bits per heavy atom. The summed E-state index contributed by atoms with van der Waals surface area (Å²) in [6, 6.07) is -0.354. The van der Waals surface area contributed by atoms with Crippen LogP contribution in [0.15, 0.2) is 0 Å². The van der Waals surface area contributed by atoms with Gasteiger partial charge in [-0.2, -0.15) is 0 Å². The van der Waals surface area contributed by atoms with Crippen LogP contribution in [0.3, 0.4) is 0 Å². The molecule has 0 aromatic rings. The maximum Gasteiger partial charge on any atom is 0.239 e. The fraction of sp³-hybridized carbons (Fsp3) is 0.900. The first-order chi connectivity index (χ1) is 6.50. The highest BCUT2D eigenvalue weighted by Gasteiger charge is 2.27. The molecule has 1 aliphatic heterocycles. The first kappa shape index (κ1) is 11.5. The molecule has 0 spiro atoms. The molecule has 4 nitrogen and oxygen atoms in total. The number of amides is 1. The molecule has 4 heteroatoms. The second kappa shape index (κ2) is 4.75. The van der Waals surface area contributed by atoms with E-state index in [1.165, 1.54) is 0 Å². The number of likely N-dealkylation sites (tertiary alicyclic amines) is 1. The van der Waals surface area contributed by atoms with Crippen molar-refractivity contribution in [2.75, 3.05) is 33.7 Å². The molecule has 2 N–H and O–H groups in total. The van der Waals surface area contributed by atoms with Crippen molar-refractivity contribution in [3.8, 4) is 0 Å². The lowest BCUT2D eigenvalue weighted by atomic mass is 10.1. The molecule has 0 aliphatic carbocycles. The number of hydrogen-bond acceptors (Lipinski definition) is 3. The predicted molar refractivity (Wildman–Crippen MR) is 56.9 cm³/mol. The van der Waals surface area contributed by atoms with Crippen molar-refractivity contribution in [1.82, 2.24) is 9.80 Å². The Hall–Kier alpha value is -0.610. The average molecular weight is 199 g/mol. The zero-order chi connectivity index (χ0) is 10.7. The van der Waals surface area contributed by atoms with E-state index in [-0.39, 0.29) is 11.9 Å². The van der Waals surface area contributed by atoms with Crippen molar-refractivity contribution < 1.29 is 4.79 Å². The number of carbonyl (C=O) groups is 1. The van der Waals surface area contributed by atoms with Crippen LogP contribution in [0.4, 0.5) is 0 Å². The highest BCUT2D eigenvalue weighted by molar-refractivity contribution is 5.81. The molecule has 1 fully saturated rings. The third kappa shape index (κ3) is 2.96. The lowest BCUT2D eigenvalue weighted by Gasteiger charge is -2.19. The lowest BCUT2D eigenvalue weighted by molar-refractivity contribution is -0.131. The normalized spacial score (nSPS) is 24.4. The van der Waals surface area contributed by atoms with Gasteiger partial charge in [0.1, 0.15) is 0 Å². The third-order valence-corrected chi connectivity index (χ3v) is 2.61. The van der Waals surface area contributed by atoms with Gasteiger partial charge < -0.3 is 15.5 Å².